The Balaban J connectivity index is 1.93. The molecule has 0 spiro atoms. The number of rotatable bonds is 5. The molecule has 0 saturated carbocycles. The van der Waals surface area contributed by atoms with E-state index >= 15 is 0 Å². The fourth-order valence-electron chi connectivity index (χ4n) is 1.90. The van der Waals surface area contributed by atoms with Gasteiger partial charge in [-0.2, -0.15) is 0 Å². The fourth-order valence-corrected chi connectivity index (χ4v) is 2.03. The number of benzene rings is 1. The molecule has 0 aliphatic heterocycles. The summed E-state index contributed by atoms with van der Waals surface area (Å²) in [7, 11) is 1.36. The second-order valence-corrected chi connectivity index (χ2v) is 4.98. The van der Waals surface area contributed by atoms with E-state index in [1.165, 1.54) is 7.11 Å². The summed E-state index contributed by atoms with van der Waals surface area (Å²) in [4.78, 5) is 14.4. The first-order valence-corrected chi connectivity index (χ1v) is 6.73. The molecular formula is C15H17ClN2O2. The molecule has 0 fully saturated rings. The van der Waals surface area contributed by atoms with Crippen LogP contribution in [0.25, 0.3) is 0 Å². The van der Waals surface area contributed by atoms with E-state index in [-0.39, 0.29) is 12.0 Å². The van der Waals surface area contributed by atoms with Crippen LogP contribution in [0.1, 0.15) is 34.7 Å². The van der Waals surface area contributed by atoms with Gasteiger partial charge in [0.25, 0.3) is 0 Å². The highest BCUT2D eigenvalue weighted by atomic mass is 35.5. The first-order valence-electron chi connectivity index (χ1n) is 6.35. The van der Waals surface area contributed by atoms with Crippen molar-refractivity contribution in [1.29, 1.82) is 0 Å². The van der Waals surface area contributed by atoms with Crippen LogP contribution in [-0.4, -0.2) is 18.1 Å². The third-order valence-corrected chi connectivity index (χ3v) is 3.37. The van der Waals surface area contributed by atoms with Crippen LogP contribution >= 0.6 is 11.6 Å². The molecular weight excluding hydrogens is 276 g/mol. The smallest absolute Gasteiger partial charge is 0.354 e. The molecule has 0 amide bonds. The van der Waals surface area contributed by atoms with Gasteiger partial charge in [-0.15, -0.1) is 0 Å². The van der Waals surface area contributed by atoms with E-state index in [1.54, 1.807) is 6.07 Å². The minimum Gasteiger partial charge on any atom is -0.464 e. The Morgan fingerprint density at radius 3 is 2.65 bits per heavy atom. The molecule has 106 valence electrons. The summed E-state index contributed by atoms with van der Waals surface area (Å²) in [5.41, 5.74) is 2.56. The van der Waals surface area contributed by atoms with Gasteiger partial charge in [-0.05, 0) is 36.8 Å². The molecule has 1 unspecified atom stereocenters. The molecule has 0 bridgehead atoms. The van der Waals surface area contributed by atoms with Crippen molar-refractivity contribution in [3.8, 4) is 0 Å². The average molecular weight is 293 g/mol. The fraction of sp³-hybridized carbons (Fsp3) is 0.267. The molecule has 2 N–H and O–H groups in total. The summed E-state index contributed by atoms with van der Waals surface area (Å²) in [5, 5.41) is 4.11. The van der Waals surface area contributed by atoms with Crippen LogP contribution in [0.4, 0.5) is 0 Å². The summed E-state index contributed by atoms with van der Waals surface area (Å²) in [5.74, 6) is -0.359. The molecule has 4 nitrogen and oxygen atoms in total. The first kappa shape index (κ1) is 14.6. The Labute approximate surface area is 123 Å². The molecule has 2 aromatic rings. The Morgan fingerprint density at radius 1 is 1.30 bits per heavy atom. The van der Waals surface area contributed by atoms with E-state index < -0.39 is 0 Å². The number of H-pyrrole nitrogens is 1. The minimum atomic E-state index is -0.359. The summed E-state index contributed by atoms with van der Waals surface area (Å²) >= 11 is 5.87. The van der Waals surface area contributed by atoms with Gasteiger partial charge in [0.2, 0.25) is 0 Å². The number of methoxy groups -OCH3 is 1. The van der Waals surface area contributed by atoms with Gasteiger partial charge in [-0.3, -0.25) is 0 Å². The highest BCUT2D eigenvalue weighted by molar-refractivity contribution is 6.30. The quantitative estimate of drug-likeness (QED) is 0.831. The Hall–Kier alpha value is -1.78. The second-order valence-electron chi connectivity index (χ2n) is 4.54. The maximum absolute atomic E-state index is 11.3. The molecule has 2 rings (SSSR count). The number of carbonyl (C=O) groups is 1. The van der Waals surface area contributed by atoms with Crippen molar-refractivity contribution in [2.24, 2.45) is 0 Å². The number of aromatic amines is 1. The lowest BCUT2D eigenvalue weighted by atomic mass is 10.1. The van der Waals surface area contributed by atoms with Gasteiger partial charge in [0.1, 0.15) is 5.69 Å². The second kappa shape index (κ2) is 6.59. The number of hydrogen-bond acceptors (Lipinski definition) is 3. The summed E-state index contributed by atoms with van der Waals surface area (Å²) in [6.45, 7) is 2.72. The molecule has 20 heavy (non-hydrogen) atoms. The molecule has 0 aliphatic rings. The largest absolute Gasteiger partial charge is 0.464 e. The van der Waals surface area contributed by atoms with Crippen molar-refractivity contribution in [2.45, 2.75) is 19.5 Å². The number of hydrogen-bond donors (Lipinski definition) is 2. The lowest BCUT2D eigenvalue weighted by molar-refractivity contribution is 0.0594. The summed E-state index contributed by atoms with van der Waals surface area (Å²) in [6.07, 6.45) is 0. The van der Waals surface area contributed by atoms with Crippen LogP contribution in [-0.2, 0) is 11.3 Å². The molecule has 0 radical (unpaired) electrons. The number of aromatic nitrogens is 1. The zero-order valence-corrected chi connectivity index (χ0v) is 12.2. The third kappa shape index (κ3) is 3.62. The van der Waals surface area contributed by atoms with E-state index in [9.17, 15) is 4.79 Å². The highest BCUT2D eigenvalue weighted by Gasteiger charge is 2.09. The minimum absolute atomic E-state index is 0.192. The zero-order chi connectivity index (χ0) is 14.5. The molecule has 1 atom stereocenters. The van der Waals surface area contributed by atoms with Gasteiger partial charge in [-0.25, -0.2) is 4.79 Å². The van der Waals surface area contributed by atoms with Crippen molar-refractivity contribution in [2.75, 3.05) is 7.11 Å². The molecule has 0 saturated heterocycles. The lowest BCUT2D eigenvalue weighted by Gasteiger charge is -2.13. The van der Waals surface area contributed by atoms with Crippen molar-refractivity contribution >= 4 is 17.6 Å². The first-order chi connectivity index (χ1) is 9.60. The monoisotopic (exact) mass is 292 g/mol. The number of ether oxygens (including phenoxy) is 1. The van der Waals surface area contributed by atoms with Crippen molar-refractivity contribution < 1.29 is 9.53 Å². The predicted octanol–water partition coefficient (Wildman–Crippen LogP) is 3.31. The van der Waals surface area contributed by atoms with E-state index in [2.05, 4.69) is 22.0 Å². The molecule has 1 aromatic heterocycles. The maximum Gasteiger partial charge on any atom is 0.354 e. The summed E-state index contributed by atoms with van der Waals surface area (Å²) < 4.78 is 4.65. The van der Waals surface area contributed by atoms with Gasteiger partial charge in [-0.1, -0.05) is 23.7 Å². The number of carbonyl (C=O) groups excluding carboxylic acids is 1. The average Bonchev–Trinajstić information content (AvgIpc) is 2.93. The standard InChI is InChI=1S/C15H17ClN2O2/c1-10(11-3-5-12(16)6-4-11)17-9-13-7-8-14(18-13)15(19)20-2/h3-8,10,17-18H,9H2,1-2H3. The van der Waals surface area contributed by atoms with Crippen molar-refractivity contribution in [3.05, 3.63) is 58.4 Å². The van der Waals surface area contributed by atoms with Gasteiger partial charge < -0.3 is 15.0 Å². The van der Waals surface area contributed by atoms with Gasteiger partial charge >= 0.3 is 5.97 Å². The molecule has 1 aromatic carbocycles. The van der Waals surface area contributed by atoms with Crippen LogP contribution in [0.3, 0.4) is 0 Å². The van der Waals surface area contributed by atoms with Gasteiger partial charge in [0.05, 0.1) is 7.11 Å². The van der Waals surface area contributed by atoms with Gasteiger partial charge in [0.15, 0.2) is 0 Å². The van der Waals surface area contributed by atoms with E-state index in [0.717, 1.165) is 16.3 Å². The van der Waals surface area contributed by atoms with E-state index in [1.807, 2.05) is 30.3 Å². The lowest BCUT2D eigenvalue weighted by Crippen LogP contribution is -2.18. The number of halogens is 1. The normalized spacial score (nSPS) is 12.2. The SMILES string of the molecule is COC(=O)c1ccc(CNC(C)c2ccc(Cl)cc2)[nH]1. The predicted molar refractivity (Wildman–Crippen MR) is 78.8 cm³/mol. The Kier molecular flexibility index (Phi) is 4.82. The van der Waals surface area contributed by atoms with Crippen molar-refractivity contribution in [3.63, 3.8) is 0 Å². The van der Waals surface area contributed by atoms with Crippen LogP contribution in [0.2, 0.25) is 5.02 Å². The molecule has 1 heterocycles. The van der Waals surface area contributed by atoms with E-state index in [4.69, 9.17) is 11.6 Å². The molecule has 0 aliphatic carbocycles. The highest BCUT2D eigenvalue weighted by Crippen LogP contribution is 2.16. The Bertz CT molecular complexity index is 578. The van der Waals surface area contributed by atoms with E-state index in [0.29, 0.717) is 12.2 Å². The number of nitrogens with one attached hydrogen (secondary N) is 2. The Morgan fingerprint density at radius 2 is 2.00 bits per heavy atom. The maximum atomic E-state index is 11.3. The van der Waals surface area contributed by atoms with Crippen LogP contribution in [0, 0.1) is 0 Å². The van der Waals surface area contributed by atoms with Crippen molar-refractivity contribution in [1.82, 2.24) is 10.3 Å². The number of esters is 1. The third-order valence-electron chi connectivity index (χ3n) is 3.12. The van der Waals surface area contributed by atoms with Crippen LogP contribution in [0.15, 0.2) is 36.4 Å². The van der Waals surface area contributed by atoms with Gasteiger partial charge in [0, 0.05) is 23.3 Å². The van der Waals surface area contributed by atoms with Crippen LogP contribution < -0.4 is 5.32 Å². The zero-order valence-electron chi connectivity index (χ0n) is 11.4. The molecule has 5 heteroatoms. The summed E-state index contributed by atoms with van der Waals surface area (Å²) in [6, 6.07) is 11.5. The topological polar surface area (TPSA) is 54.1 Å². The van der Waals surface area contributed by atoms with Crippen LogP contribution in [0.5, 0.6) is 0 Å².